The van der Waals surface area contributed by atoms with Gasteiger partial charge in [-0.3, -0.25) is 9.89 Å². The van der Waals surface area contributed by atoms with Gasteiger partial charge in [0.05, 0.1) is 0 Å². The van der Waals surface area contributed by atoms with Gasteiger partial charge >= 0.3 is 0 Å². The number of anilines is 1. The van der Waals surface area contributed by atoms with Crippen molar-refractivity contribution < 1.29 is 4.79 Å². The molecule has 0 aliphatic carbocycles. The fourth-order valence-electron chi connectivity index (χ4n) is 1.84. The van der Waals surface area contributed by atoms with Crippen LogP contribution < -0.4 is 5.73 Å². The highest BCUT2D eigenvalue weighted by atomic mass is 16.2. The van der Waals surface area contributed by atoms with Crippen LogP contribution in [0.1, 0.15) is 37.3 Å². The fourth-order valence-corrected chi connectivity index (χ4v) is 1.84. The van der Waals surface area contributed by atoms with Crippen LogP contribution >= 0.6 is 0 Å². The summed E-state index contributed by atoms with van der Waals surface area (Å²) in [5.41, 5.74) is 5.70. The van der Waals surface area contributed by atoms with E-state index in [1.165, 1.54) is 0 Å². The van der Waals surface area contributed by atoms with Crippen molar-refractivity contribution in [3.05, 3.63) is 5.82 Å². The zero-order chi connectivity index (χ0) is 11.8. The molecule has 1 aliphatic heterocycles. The Labute approximate surface area is 94.2 Å². The number of rotatable bonds is 1. The van der Waals surface area contributed by atoms with Crippen molar-refractivity contribution >= 4 is 11.9 Å². The number of nitrogens with one attached hydrogen (secondary N) is 1. The molecule has 2 rings (SSSR count). The summed E-state index contributed by atoms with van der Waals surface area (Å²) >= 11 is 0. The molecule has 0 unspecified atom stereocenters. The molecule has 1 fully saturated rings. The quantitative estimate of drug-likeness (QED) is 0.731. The Morgan fingerprint density at radius 3 is 2.56 bits per heavy atom. The largest absolute Gasteiger partial charge is 0.366 e. The molecule has 1 aromatic rings. The normalized spacial score (nSPS) is 19.8. The summed E-state index contributed by atoms with van der Waals surface area (Å²) in [7, 11) is 0. The summed E-state index contributed by atoms with van der Waals surface area (Å²) < 4.78 is 0. The Morgan fingerprint density at radius 2 is 2.06 bits per heavy atom. The highest BCUT2D eigenvalue weighted by molar-refractivity contribution is 5.90. The lowest BCUT2D eigenvalue weighted by atomic mass is 9.83. The molecule has 0 bridgehead atoms. The zero-order valence-corrected chi connectivity index (χ0v) is 9.66. The first-order valence-corrected chi connectivity index (χ1v) is 5.45. The van der Waals surface area contributed by atoms with E-state index in [4.69, 9.17) is 5.73 Å². The minimum Gasteiger partial charge on any atom is -0.366 e. The van der Waals surface area contributed by atoms with Crippen LogP contribution in [0.15, 0.2) is 0 Å². The van der Waals surface area contributed by atoms with E-state index in [-0.39, 0.29) is 17.7 Å². The van der Waals surface area contributed by atoms with Gasteiger partial charge in [-0.15, -0.1) is 5.10 Å². The number of likely N-dealkylation sites (tertiary alicyclic amines) is 1. The highest BCUT2D eigenvalue weighted by Gasteiger charge is 2.29. The van der Waals surface area contributed by atoms with Gasteiger partial charge in [0.2, 0.25) is 11.8 Å². The van der Waals surface area contributed by atoms with Gasteiger partial charge in [0.25, 0.3) is 5.91 Å². The molecule has 1 aliphatic rings. The van der Waals surface area contributed by atoms with Crippen LogP contribution in [-0.2, 0) is 0 Å². The minimum absolute atomic E-state index is 0.111. The number of piperidine rings is 1. The fraction of sp³-hybridized carbons (Fsp3) is 0.700. The van der Waals surface area contributed by atoms with Gasteiger partial charge < -0.3 is 10.6 Å². The Hall–Kier alpha value is -1.59. The van der Waals surface area contributed by atoms with Crippen molar-refractivity contribution in [3.63, 3.8) is 0 Å². The second kappa shape index (κ2) is 3.77. The second-order valence-corrected chi connectivity index (χ2v) is 5.00. The number of hydrogen-bond acceptors (Lipinski definition) is 4. The molecule has 3 N–H and O–H groups in total. The first kappa shape index (κ1) is 10.9. The van der Waals surface area contributed by atoms with Gasteiger partial charge in [0.15, 0.2) is 0 Å². The topological polar surface area (TPSA) is 87.9 Å². The maximum atomic E-state index is 12.0. The Kier molecular flexibility index (Phi) is 2.57. The van der Waals surface area contributed by atoms with E-state index >= 15 is 0 Å². The van der Waals surface area contributed by atoms with Crippen LogP contribution in [0.5, 0.6) is 0 Å². The number of nitrogens with zero attached hydrogens (tertiary/aromatic N) is 3. The molecule has 0 radical (unpaired) electrons. The molecule has 88 valence electrons. The average molecular weight is 223 g/mol. The molecular weight excluding hydrogens is 206 g/mol. The molecule has 6 heteroatoms. The van der Waals surface area contributed by atoms with Crippen molar-refractivity contribution in [1.29, 1.82) is 0 Å². The third-order valence-electron chi connectivity index (χ3n) is 3.11. The predicted molar refractivity (Wildman–Crippen MR) is 59.7 cm³/mol. The van der Waals surface area contributed by atoms with Crippen LogP contribution in [0.25, 0.3) is 0 Å². The number of carbonyl (C=O) groups is 1. The lowest BCUT2D eigenvalue weighted by Gasteiger charge is -2.36. The van der Waals surface area contributed by atoms with Crippen LogP contribution in [0.2, 0.25) is 0 Å². The average Bonchev–Trinajstić information content (AvgIpc) is 2.64. The minimum atomic E-state index is -0.111. The standard InChI is InChI=1S/C10H17N5O/c1-10(2)3-5-15(6-4-10)8(16)7-12-9(11)14-13-7/h3-6H2,1-2H3,(H3,11,12,13,14). The maximum Gasteiger partial charge on any atom is 0.291 e. The van der Waals surface area contributed by atoms with E-state index < -0.39 is 0 Å². The first-order chi connectivity index (χ1) is 7.48. The van der Waals surface area contributed by atoms with Gasteiger partial charge in [0, 0.05) is 13.1 Å². The van der Waals surface area contributed by atoms with Crippen LogP contribution in [-0.4, -0.2) is 39.1 Å². The molecule has 16 heavy (non-hydrogen) atoms. The van der Waals surface area contributed by atoms with Crippen LogP contribution in [0.3, 0.4) is 0 Å². The molecule has 1 aromatic heterocycles. The molecular formula is C10H17N5O. The molecule has 1 saturated heterocycles. The van der Waals surface area contributed by atoms with Crippen LogP contribution in [0.4, 0.5) is 5.95 Å². The molecule has 0 saturated carbocycles. The number of nitrogens with two attached hydrogens (primary N) is 1. The summed E-state index contributed by atoms with van der Waals surface area (Å²) in [6.45, 7) is 5.99. The predicted octanol–water partition coefficient (Wildman–Crippen LogP) is 0.649. The Balaban J connectivity index is 2.02. The summed E-state index contributed by atoms with van der Waals surface area (Å²) in [6, 6.07) is 0. The van der Waals surface area contributed by atoms with Gasteiger partial charge in [-0.25, -0.2) is 0 Å². The number of H-pyrrole nitrogens is 1. The molecule has 2 heterocycles. The SMILES string of the molecule is CC1(C)CCN(C(=O)c2nc(N)n[nH]2)CC1. The smallest absolute Gasteiger partial charge is 0.291 e. The van der Waals surface area contributed by atoms with E-state index in [0.29, 0.717) is 5.41 Å². The van der Waals surface area contributed by atoms with E-state index in [0.717, 1.165) is 25.9 Å². The second-order valence-electron chi connectivity index (χ2n) is 5.00. The summed E-state index contributed by atoms with van der Waals surface area (Å²) in [5.74, 6) is 0.234. The monoisotopic (exact) mass is 223 g/mol. The summed E-state index contributed by atoms with van der Waals surface area (Å²) in [4.78, 5) is 17.6. The number of hydrogen-bond donors (Lipinski definition) is 2. The van der Waals surface area contributed by atoms with Crippen molar-refractivity contribution in [2.45, 2.75) is 26.7 Å². The number of carbonyl (C=O) groups excluding carboxylic acids is 1. The number of nitrogen functional groups attached to an aromatic ring is 1. The highest BCUT2D eigenvalue weighted by Crippen LogP contribution is 2.29. The summed E-state index contributed by atoms with van der Waals surface area (Å²) in [6.07, 6.45) is 2.03. The van der Waals surface area contributed by atoms with E-state index in [1.54, 1.807) is 4.90 Å². The molecule has 0 atom stereocenters. The Bertz CT molecular complexity index is 388. The summed E-state index contributed by atoms with van der Waals surface area (Å²) in [5, 5.41) is 6.20. The van der Waals surface area contributed by atoms with Crippen molar-refractivity contribution in [3.8, 4) is 0 Å². The third kappa shape index (κ3) is 2.15. The third-order valence-corrected chi connectivity index (χ3v) is 3.11. The van der Waals surface area contributed by atoms with E-state index in [2.05, 4.69) is 29.0 Å². The van der Waals surface area contributed by atoms with E-state index in [9.17, 15) is 4.79 Å². The van der Waals surface area contributed by atoms with Gasteiger partial charge in [-0.05, 0) is 18.3 Å². The lowest BCUT2D eigenvalue weighted by Crippen LogP contribution is -2.41. The number of aromatic amines is 1. The van der Waals surface area contributed by atoms with Gasteiger partial charge in [-0.1, -0.05) is 13.8 Å². The molecule has 0 spiro atoms. The van der Waals surface area contributed by atoms with Gasteiger partial charge in [0.1, 0.15) is 0 Å². The lowest BCUT2D eigenvalue weighted by molar-refractivity contribution is 0.0618. The van der Waals surface area contributed by atoms with Crippen molar-refractivity contribution in [2.24, 2.45) is 5.41 Å². The van der Waals surface area contributed by atoms with E-state index in [1.807, 2.05) is 0 Å². The zero-order valence-electron chi connectivity index (χ0n) is 9.66. The molecule has 6 nitrogen and oxygen atoms in total. The molecule has 0 aromatic carbocycles. The number of aromatic nitrogens is 3. The van der Waals surface area contributed by atoms with Gasteiger partial charge in [-0.2, -0.15) is 4.98 Å². The Morgan fingerprint density at radius 1 is 1.44 bits per heavy atom. The maximum absolute atomic E-state index is 12.0. The van der Waals surface area contributed by atoms with Crippen molar-refractivity contribution in [1.82, 2.24) is 20.1 Å². The van der Waals surface area contributed by atoms with Crippen molar-refractivity contribution in [2.75, 3.05) is 18.8 Å². The van der Waals surface area contributed by atoms with Crippen LogP contribution in [0, 0.1) is 5.41 Å². The molecule has 1 amide bonds. The first-order valence-electron chi connectivity index (χ1n) is 5.45. The number of amides is 1.